The van der Waals surface area contributed by atoms with Crippen LogP contribution in [0.2, 0.25) is 5.02 Å². The number of aliphatic hydroxyl groups is 1. The fourth-order valence-electron chi connectivity index (χ4n) is 3.60. The molecule has 0 saturated carbocycles. The Kier molecular flexibility index (Phi) is 5.19. The van der Waals surface area contributed by atoms with Crippen molar-refractivity contribution in [3.05, 3.63) is 112 Å². The van der Waals surface area contributed by atoms with Crippen molar-refractivity contribution in [2.75, 3.05) is 0 Å². The minimum absolute atomic E-state index is 0.0689. The predicted octanol–water partition coefficient (Wildman–Crippen LogP) is 4.96. The molecule has 3 aromatic carbocycles. The van der Waals surface area contributed by atoms with E-state index in [1.54, 1.807) is 48.5 Å². The highest BCUT2D eigenvalue weighted by molar-refractivity contribution is 6.46. The lowest BCUT2D eigenvalue weighted by molar-refractivity contribution is -0.140. The molecule has 29 heavy (non-hydrogen) atoms. The van der Waals surface area contributed by atoms with E-state index < -0.39 is 17.7 Å². The Hall–Kier alpha value is -3.37. The van der Waals surface area contributed by atoms with Crippen LogP contribution in [-0.2, 0) is 16.1 Å². The topological polar surface area (TPSA) is 57.6 Å². The maximum Gasteiger partial charge on any atom is 0.295 e. The highest BCUT2D eigenvalue weighted by Crippen LogP contribution is 2.40. The van der Waals surface area contributed by atoms with Gasteiger partial charge in [-0.3, -0.25) is 9.59 Å². The standard InChI is InChI=1S/C24H18ClNO3/c25-19-13-7-12-18(14-19)21-20(22(27)17-10-5-2-6-11-17)23(28)24(29)26(21)15-16-8-3-1-4-9-16/h1-14,21,27H,15H2. The third kappa shape index (κ3) is 3.67. The van der Waals surface area contributed by atoms with Crippen LogP contribution in [-0.4, -0.2) is 21.7 Å². The zero-order valence-corrected chi connectivity index (χ0v) is 16.2. The number of halogens is 1. The molecule has 4 rings (SSSR count). The molecule has 3 aromatic rings. The van der Waals surface area contributed by atoms with Crippen LogP contribution in [0.15, 0.2) is 90.5 Å². The Balaban J connectivity index is 1.87. The number of nitrogens with zero attached hydrogens (tertiary/aromatic N) is 1. The second kappa shape index (κ2) is 7.94. The van der Waals surface area contributed by atoms with Crippen molar-refractivity contribution in [1.29, 1.82) is 0 Å². The zero-order valence-electron chi connectivity index (χ0n) is 15.5. The van der Waals surface area contributed by atoms with Crippen LogP contribution < -0.4 is 0 Å². The fraction of sp³-hybridized carbons (Fsp3) is 0.0833. The summed E-state index contributed by atoms with van der Waals surface area (Å²) in [7, 11) is 0. The highest BCUT2D eigenvalue weighted by Gasteiger charge is 2.46. The SMILES string of the molecule is O=C1C(=O)N(Cc2ccccc2)C(c2cccc(Cl)c2)C1=C(O)c1ccccc1. The van der Waals surface area contributed by atoms with Crippen molar-refractivity contribution in [3.8, 4) is 0 Å². The van der Waals surface area contributed by atoms with Crippen molar-refractivity contribution in [2.45, 2.75) is 12.6 Å². The average molecular weight is 404 g/mol. The summed E-state index contributed by atoms with van der Waals surface area (Å²) >= 11 is 6.18. The van der Waals surface area contributed by atoms with Gasteiger partial charge < -0.3 is 10.0 Å². The zero-order chi connectivity index (χ0) is 20.4. The number of ketones is 1. The van der Waals surface area contributed by atoms with E-state index in [0.29, 0.717) is 16.1 Å². The van der Waals surface area contributed by atoms with Gasteiger partial charge in [0.2, 0.25) is 0 Å². The number of hydrogen-bond donors (Lipinski definition) is 1. The maximum absolute atomic E-state index is 12.9. The quantitative estimate of drug-likeness (QED) is 0.380. The lowest BCUT2D eigenvalue weighted by Gasteiger charge is -2.25. The number of carbonyl (C=O) groups is 2. The Labute approximate surface area is 173 Å². The number of benzene rings is 3. The number of likely N-dealkylation sites (tertiary alicyclic amines) is 1. The minimum Gasteiger partial charge on any atom is -0.507 e. The summed E-state index contributed by atoms with van der Waals surface area (Å²) in [6.07, 6.45) is 0. The molecule has 4 nitrogen and oxygen atoms in total. The van der Waals surface area contributed by atoms with Crippen molar-refractivity contribution in [3.63, 3.8) is 0 Å². The van der Waals surface area contributed by atoms with Gasteiger partial charge in [-0.05, 0) is 23.3 Å². The first-order chi connectivity index (χ1) is 14.1. The summed E-state index contributed by atoms with van der Waals surface area (Å²) in [4.78, 5) is 27.4. The molecule has 1 amide bonds. The largest absolute Gasteiger partial charge is 0.507 e. The summed E-state index contributed by atoms with van der Waals surface area (Å²) in [6, 6.07) is 24.5. The van der Waals surface area contributed by atoms with E-state index in [1.165, 1.54) is 4.90 Å². The molecule has 1 fully saturated rings. The Morgan fingerprint density at radius 3 is 2.21 bits per heavy atom. The minimum atomic E-state index is -0.728. The molecule has 1 unspecified atom stereocenters. The molecule has 0 radical (unpaired) electrons. The summed E-state index contributed by atoms with van der Waals surface area (Å²) < 4.78 is 0. The van der Waals surface area contributed by atoms with Crippen molar-refractivity contribution in [2.24, 2.45) is 0 Å². The van der Waals surface area contributed by atoms with Crippen LogP contribution in [0.25, 0.3) is 5.76 Å². The van der Waals surface area contributed by atoms with Crippen LogP contribution in [0.5, 0.6) is 0 Å². The van der Waals surface area contributed by atoms with Crippen LogP contribution in [0.3, 0.4) is 0 Å². The molecule has 144 valence electrons. The fourth-order valence-corrected chi connectivity index (χ4v) is 3.80. The molecule has 1 N–H and O–H groups in total. The molecule has 1 aliphatic heterocycles. The van der Waals surface area contributed by atoms with Crippen molar-refractivity contribution < 1.29 is 14.7 Å². The summed E-state index contributed by atoms with van der Waals surface area (Å²) in [5.74, 6) is -1.53. The first-order valence-corrected chi connectivity index (χ1v) is 9.57. The Morgan fingerprint density at radius 1 is 0.897 bits per heavy atom. The molecular formula is C24H18ClNO3. The highest BCUT2D eigenvalue weighted by atomic mass is 35.5. The molecular weight excluding hydrogens is 386 g/mol. The number of aliphatic hydroxyl groups excluding tert-OH is 1. The number of hydrogen-bond acceptors (Lipinski definition) is 3. The Morgan fingerprint density at radius 2 is 1.55 bits per heavy atom. The summed E-state index contributed by atoms with van der Waals surface area (Å²) in [6.45, 7) is 0.244. The number of carbonyl (C=O) groups excluding carboxylic acids is 2. The van der Waals surface area contributed by atoms with E-state index in [9.17, 15) is 14.7 Å². The number of Topliss-reactive ketones (excluding diaryl/α,β-unsaturated/α-hetero) is 1. The molecule has 1 atom stereocenters. The van der Waals surface area contributed by atoms with Gasteiger partial charge in [0.15, 0.2) is 0 Å². The van der Waals surface area contributed by atoms with Crippen molar-refractivity contribution >= 4 is 29.1 Å². The van der Waals surface area contributed by atoms with E-state index in [1.807, 2.05) is 36.4 Å². The van der Waals surface area contributed by atoms with Gasteiger partial charge in [0, 0.05) is 17.1 Å². The normalized spacial score (nSPS) is 18.2. The third-order valence-corrected chi connectivity index (χ3v) is 5.18. The monoisotopic (exact) mass is 403 g/mol. The van der Waals surface area contributed by atoms with Gasteiger partial charge in [0.05, 0.1) is 11.6 Å². The molecule has 0 aromatic heterocycles. The Bertz CT molecular complexity index is 1090. The van der Waals surface area contributed by atoms with Gasteiger partial charge in [-0.1, -0.05) is 84.4 Å². The van der Waals surface area contributed by atoms with E-state index in [0.717, 1.165) is 5.56 Å². The molecule has 1 aliphatic rings. The third-order valence-electron chi connectivity index (χ3n) is 4.95. The lowest BCUT2D eigenvalue weighted by atomic mass is 9.95. The van der Waals surface area contributed by atoms with Crippen LogP contribution in [0.1, 0.15) is 22.7 Å². The first kappa shape index (κ1) is 19.0. The smallest absolute Gasteiger partial charge is 0.295 e. The number of amides is 1. The molecule has 1 heterocycles. The second-order valence-electron chi connectivity index (χ2n) is 6.83. The van der Waals surface area contributed by atoms with E-state index in [4.69, 9.17) is 11.6 Å². The second-order valence-corrected chi connectivity index (χ2v) is 7.27. The molecule has 0 aliphatic carbocycles. The molecule has 1 saturated heterocycles. The van der Waals surface area contributed by atoms with Gasteiger partial charge in [0.1, 0.15) is 5.76 Å². The van der Waals surface area contributed by atoms with Crippen LogP contribution >= 0.6 is 11.6 Å². The maximum atomic E-state index is 12.9. The lowest BCUT2D eigenvalue weighted by Crippen LogP contribution is -2.29. The molecule has 0 spiro atoms. The van der Waals surface area contributed by atoms with Crippen molar-refractivity contribution in [1.82, 2.24) is 4.90 Å². The van der Waals surface area contributed by atoms with Gasteiger partial charge in [-0.15, -0.1) is 0 Å². The first-order valence-electron chi connectivity index (χ1n) is 9.19. The van der Waals surface area contributed by atoms with Gasteiger partial charge in [-0.2, -0.15) is 0 Å². The van der Waals surface area contributed by atoms with E-state index >= 15 is 0 Å². The summed E-state index contributed by atoms with van der Waals surface area (Å²) in [5.41, 5.74) is 2.11. The molecule has 0 bridgehead atoms. The number of rotatable bonds is 4. The summed E-state index contributed by atoms with van der Waals surface area (Å²) in [5, 5.41) is 11.4. The van der Waals surface area contributed by atoms with E-state index in [2.05, 4.69) is 0 Å². The predicted molar refractivity (Wildman–Crippen MR) is 112 cm³/mol. The van der Waals surface area contributed by atoms with E-state index in [-0.39, 0.29) is 17.9 Å². The van der Waals surface area contributed by atoms with Gasteiger partial charge in [-0.25, -0.2) is 0 Å². The molecule has 5 heteroatoms. The van der Waals surface area contributed by atoms with Crippen LogP contribution in [0.4, 0.5) is 0 Å². The van der Waals surface area contributed by atoms with Crippen LogP contribution in [0, 0.1) is 0 Å². The van der Waals surface area contributed by atoms with Gasteiger partial charge >= 0.3 is 0 Å². The average Bonchev–Trinajstić information content (AvgIpc) is 2.99. The van der Waals surface area contributed by atoms with Gasteiger partial charge in [0.25, 0.3) is 11.7 Å².